The smallest absolute Gasteiger partial charge is 0.317 e. The third-order valence-corrected chi connectivity index (χ3v) is 5.52. The van der Waals surface area contributed by atoms with Crippen LogP contribution in [0, 0.1) is 0 Å². The van der Waals surface area contributed by atoms with E-state index in [1.807, 2.05) is 38.1 Å². The molecule has 0 atom stereocenters. The number of benzene rings is 1. The Bertz CT molecular complexity index is 651. The second-order valence-electron chi connectivity index (χ2n) is 7.24. The Morgan fingerprint density at radius 2 is 1.83 bits per heavy atom. The minimum Gasteiger partial charge on any atom is -0.461 e. The first-order chi connectivity index (χ1) is 11.2. The predicted octanol–water partition coefficient (Wildman–Crippen LogP) is 4.81. The van der Waals surface area contributed by atoms with Crippen molar-refractivity contribution in [1.82, 2.24) is 14.8 Å². The van der Waals surface area contributed by atoms with E-state index in [1.54, 1.807) is 4.68 Å². The Labute approximate surface area is 153 Å². The van der Waals surface area contributed by atoms with E-state index in [0.29, 0.717) is 18.6 Å². The lowest BCUT2D eigenvalue weighted by Crippen LogP contribution is -2.22. The van der Waals surface area contributed by atoms with Gasteiger partial charge in [0.25, 0.3) is 0 Å². The van der Waals surface area contributed by atoms with Crippen LogP contribution in [0.3, 0.4) is 0 Å². The minimum atomic E-state index is -1.09. The second-order valence-corrected chi connectivity index (χ2v) is 13.8. The van der Waals surface area contributed by atoms with Gasteiger partial charge in [0.1, 0.15) is 6.73 Å². The highest BCUT2D eigenvalue weighted by atomic mass is 79.9. The monoisotopic (exact) mass is 411 g/mol. The molecule has 0 aliphatic carbocycles. The van der Waals surface area contributed by atoms with Crippen molar-refractivity contribution in [2.24, 2.45) is 0 Å². The number of nitrogens with zero attached hydrogens (tertiary/aromatic N) is 3. The van der Waals surface area contributed by atoms with E-state index in [1.165, 1.54) is 0 Å². The summed E-state index contributed by atoms with van der Waals surface area (Å²) in [7, 11) is -1.09. The van der Waals surface area contributed by atoms with Crippen LogP contribution in [-0.4, -0.2) is 35.5 Å². The van der Waals surface area contributed by atoms with E-state index in [4.69, 9.17) is 9.47 Å². The largest absolute Gasteiger partial charge is 0.461 e. The lowest BCUT2D eigenvalue weighted by molar-refractivity contribution is 0.0660. The van der Waals surface area contributed by atoms with Gasteiger partial charge in [0, 0.05) is 24.7 Å². The second kappa shape index (κ2) is 8.27. The van der Waals surface area contributed by atoms with Gasteiger partial charge in [-0.15, -0.1) is 5.10 Å². The van der Waals surface area contributed by atoms with Gasteiger partial charge in [-0.05, 0) is 32.0 Å². The maximum absolute atomic E-state index is 5.79. The van der Waals surface area contributed by atoms with Gasteiger partial charge in [-0.2, -0.15) is 9.67 Å². The molecule has 1 heterocycles. The summed E-state index contributed by atoms with van der Waals surface area (Å²) in [5.74, 6) is 0.645. The van der Waals surface area contributed by atoms with Gasteiger partial charge in [-0.3, -0.25) is 0 Å². The summed E-state index contributed by atoms with van der Waals surface area (Å²) in [6, 6.07) is 9.54. The van der Waals surface area contributed by atoms with Crippen LogP contribution in [0.25, 0.3) is 11.4 Å². The summed E-state index contributed by atoms with van der Waals surface area (Å²) in [5.41, 5.74) is 0.952. The summed E-state index contributed by atoms with van der Waals surface area (Å²) in [5, 5.41) is 4.55. The topological polar surface area (TPSA) is 49.2 Å². The minimum absolute atomic E-state index is 0.0349. The molecule has 1 aromatic heterocycles. The predicted molar refractivity (Wildman–Crippen MR) is 103 cm³/mol. The third kappa shape index (κ3) is 6.03. The van der Waals surface area contributed by atoms with Crippen LogP contribution in [0.4, 0.5) is 0 Å². The number of hydrogen-bond acceptors (Lipinski definition) is 4. The van der Waals surface area contributed by atoms with Crippen molar-refractivity contribution in [1.29, 1.82) is 0 Å². The fraction of sp³-hybridized carbons (Fsp3) is 0.529. The molecule has 0 aliphatic heterocycles. The van der Waals surface area contributed by atoms with Gasteiger partial charge in [0.15, 0.2) is 5.82 Å². The Morgan fingerprint density at radius 3 is 2.42 bits per heavy atom. The molecule has 132 valence electrons. The molecular formula is C17H26BrN3O2Si. The fourth-order valence-electron chi connectivity index (χ4n) is 1.96. The van der Waals surface area contributed by atoms with Crippen LogP contribution in [-0.2, 0) is 11.5 Å². The Hall–Kier alpha value is -1.18. The quantitative estimate of drug-likeness (QED) is 0.461. The summed E-state index contributed by atoms with van der Waals surface area (Å²) in [6.45, 7) is 12.1. The van der Waals surface area contributed by atoms with Crippen molar-refractivity contribution in [3.63, 3.8) is 0 Å². The summed E-state index contributed by atoms with van der Waals surface area (Å²) in [4.78, 5) is 4.52. The van der Waals surface area contributed by atoms with E-state index in [2.05, 4.69) is 45.7 Å². The van der Waals surface area contributed by atoms with E-state index in [0.717, 1.165) is 22.7 Å². The molecule has 0 aliphatic rings. The molecule has 0 saturated heterocycles. The normalized spacial score (nSPS) is 12.0. The lowest BCUT2D eigenvalue weighted by Gasteiger charge is -2.15. The highest BCUT2D eigenvalue weighted by Crippen LogP contribution is 2.22. The van der Waals surface area contributed by atoms with Gasteiger partial charge in [-0.1, -0.05) is 47.7 Å². The van der Waals surface area contributed by atoms with E-state index < -0.39 is 8.07 Å². The van der Waals surface area contributed by atoms with Gasteiger partial charge in [0.2, 0.25) is 0 Å². The molecule has 0 N–H and O–H groups in total. The van der Waals surface area contributed by atoms with Gasteiger partial charge in [0.05, 0.1) is 6.10 Å². The van der Waals surface area contributed by atoms with Crippen molar-refractivity contribution in [2.75, 3.05) is 6.61 Å². The van der Waals surface area contributed by atoms with Crippen LogP contribution >= 0.6 is 15.9 Å². The molecule has 0 amide bonds. The van der Waals surface area contributed by atoms with Crippen molar-refractivity contribution in [2.45, 2.75) is 52.4 Å². The SMILES string of the molecule is CC(C)Oc1nc(-c2ccc(Br)cc2)nn1COCC[Si](C)(C)C. The van der Waals surface area contributed by atoms with Gasteiger partial charge < -0.3 is 9.47 Å². The number of rotatable bonds is 8. The standard InChI is InChI=1S/C17H26BrN3O2Si/c1-13(2)23-17-19-16(14-6-8-15(18)9-7-14)20-21(17)12-22-10-11-24(3,4)5/h6-9,13H,10-12H2,1-5H3. The van der Waals surface area contributed by atoms with Crippen LogP contribution in [0.15, 0.2) is 28.7 Å². The molecule has 0 radical (unpaired) electrons. The first-order valence-electron chi connectivity index (χ1n) is 8.20. The third-order valence-electron chi connectivity index (χ3n) is 3.29. The van der Waals surface area contributed by atoms with Crippen molar-refractivity contribution >= 4 is 24.0 Å². The number of halogens is 1. The first-order valence-corrected chi connectivity index (χ1v) is 12.7. The van der Waals surface area contributed by atoms with Gasteiger partial charge >= 0.3 is 6.01 Å². The molecule has 0 spiro atoms. The molecule has 2 rings (SSSR count). The zero-order valence-corrected chi connectivity index (χ0v) is 17.6. The van der Waals surface area contributed by atoms with E-state index in [9.17, 15) is 0 Å². The average Bonchev–Trinajstić information content (AvgIpc) is 2.85. The fourth-order valence-corrected chi connectivity index (χ4v) is 2.98. The molecule has 0 unspecified atom stereocenters. The maximum Gasteiger partial charge on any atom is 0.317 e. The summed E-state index contributed by atoms with van der Waals surface area (Å²) >= 11 is 3.44. The van der Waals surface area contributed by atoms with Crippen LogP contribution in [0.5, 0.6) is 6.01 Å². The van der Waals surface area contributed by atoms with Crippen LogP contribution in [0.2, 0.25) is 25.7 Å². The summed E-state index contributed by atoms with van der Waals surface area (Å²) in [6.07, 6.45) is 0.0349. The first kappa shape index (κ1) is 19.1. The Kier molecular flexibility index (Phi) is 6.60. The molecular weight excluding hydrogens is 386 g/mol. The molecule has 24 heavy (non-hydrogen) atoms. The zero-order chi connectivity index (χ0) is 17.7. The number of hydrogen-bond donors (Lipinski definition) is 0. The molecule has 1 aromatic carbocycles. The number of ether oxygens (including phenoxy) is 2. The molecule has 2 aromatic rings. The molecule has 7 heteroatoms. The van der Waals surface area contributed by atoms with Crippen molar-refractivity contribution < 1.29 is 9.47 Å². The lowest BCUT2D eigenvalue weighted by atomic mass is 10.2. The molecule has 0 fully saturated rings. The molecule has 5 nitrogen and oxygen atoms in total. The summed E-state index contributed by atoms with van der Waals surface area (Å²) < 4.78 is 14.3. The molecule has 0 saturated carbocycles. The highest BCUT2D eigenvalue weighted by Gasteiger charge is 2.16. The molecule has 0 bridgehead atoms. The average molecular weight is 412 g/mol. The van der Waals surface area contributed by atoms with Crippen molar-refractivity contribution in [3.05, 3.63) is 28.7 Å². The van der Waals surface area contributed by atoms with E-state index >= 15 is 0 Å². The van der Waals surface area contributed by atoms with Gasteiger partial charge in [-0.25, -0.2) is 0 Å². The van der Waals surface area contributed by atoms with Crippen LogP contribution < -0.4 is 4.74 Å². The maximum atomic E-state index is 5.79. The van der Waals surface area contributed by atoms with E-state index in [-0.39, 0.29) is 6.10 Å². The Balaban J connectivity index is 2.11. The Morgan fingerprint density at radius 1 is 1.17 bits per heavy atom. The number of aromatic nitrogens is 3. The van der Waals surface area contributed by atoms with Crippen LogP contribution in [0.1, 0.15) is 13.8 Å². The van der Waals surface area contributed by atoms with Crippen molar-refractivity contribution in [3.8, 4) is 17.4 Å². The highest BCUT2D eigenvalue weighted by molar-refractivity contribution is 9.10. The zero-order valence-electron chi connectivity index (χ0n) is 15.0.